The summed E-state index contributed by atoms with van der Waals surface area (Å²) in [5.74, 6) is 2.20. The van der Waals surface area contributed by atoms with Gasteiger partial charge >= 0.3 is 5.97 Å². The molecule has 2 heterocycles. The highest BCUT2D eigenvalue weighted by Crippen LogP contribution is 2.54. The maximum Gasteiger partial charge on any atom is 0.335 e. The number of carboxylic acid groups (broad SMARTS) is 1. The number of piperidine rings is 1. The quantitative estimate of drug-likeness (QED) is 0.429. The first-order chi connectivity index (χ1) is 16.0. The molecule has 168 valence electrons. The Morgan fingerprint density at radius 1 is 1.06 bits per heavy atom. The van der Waals surface area contributed by atoms with Gasteiger partial charge in [-0.1, -0.05) is 46.6 Å². The van der Waals surface area contributed by atoms with Crippen LogP contribution in [0.2, 0.25) is 10.0 Å². The number of anilines is 1. The summed E-state index contributed by atoms with van der Waals surface area (Å²) in [6.45, 7) is 1.96. The largest absolute Gasteiger partial charge is 0.478 e. The van der Waals surface area contributed by atoms with E-state index in [4.69, 9.17) is 32.8 Å². The molecule has 2 aromatic carbocycles. The van der Waals surface area contributed by atoms with Gasteiger partial charge in [-0.05, 0) is 67.0 Å². The van der Waals surface area contributed by atoms with Crippen molar-refractivity contribution >= 4 is 40.9 Å². The first kappa shape index (κ1) is 20.8. The normalized spacial score (nSPS) is 23.8. The molecular weight excluding hydrogens is 459 g/mol. The van der Waals surface area contributed by atoms with Gasteiger partial charge in [0.25, 0.3) is 0 Å². The van der Waals surface area contributed by atoms with E-state index in [1.165, 1.54) is 0 Å². The topological polar surface area (TPSA) is 66.6 Å². The lowest BCUT2D eigenvalue weighted by atomic mass is 10.0. The molecule has 1 saturated heterocycles. The van der Waals surface area contributed by atoms with Gasteiger partial charge in [0, 0.05) is 35.8 Å². The Hall–Kier alpha value is -2.76. The molecule has 3 fully saturated rings. The molecular formula is C26H22Cl2N2O3. The summed E-state index contributed by atoms with van der Waals surface area (Å²) in [4.78, 5) is 13.4. The molecule has 0 spiro atoms. The van der Waals surface area contributed by atoms with Gasteiger partial charge in [-0.3, -0.25) is 0 Å². The Kier molecular flexibility index (Phi) is 5.00. The maximum atomic E-state index is 11.1. The van der Waals surface area contributed by atoms with Crippen molar-refractivity contribution in [1.82, 2.24) is 5.16 Å². The van der Waals surface area contributed by atoms with Gasteiger partial charge in [-0.25, -0.2) is 4.79 Å². The fraction of sp³-hybridized carbons (Fsp3) is 0.308. The van der Waals surface area contributed by atoms with Crippen LogP contribution in [0.5, 0.6) is 0 Å². The summed E-state index contributed by atoms with van der Waals surface area (Å²) in [5, 5.41) is 14.6. The molecule has 3 aromatic rings. The van der Waals surface area contributed by atoms with Crippen LogP contribution in [0.25, 0.3) is 17.3 Å². The lowest BCUT2D eigenvalue weighted by molar-refractivity contribution is 0.0697. The summed E-state index contributed by atoms with van der Waals surface area (Å²) in [6.07, 6.45) is 6.70. The number of rotatable bonds is 6. The summed E-state index contributed by atoms with van der Waals surface area (Å²) in [7, 11) is 0. The summed E-state index contributed by atoms with van der Waals surface area (Å²) in [6, 6.07) is 12.6. The van der Waals surface area contributed by atoms with Crippen molar-refractivity contribution in [3.05, 3.63) is 75.5 Å². The minimum Gasteiger partial charge on any atom is -0.478 e. The molecule has 3 aliphatic rings. The molecule has 2 atom stereocenters. The van der Waals surface area contributed by atoms with Crippen molar-refractivity contribution in [1.29, 1.82) is 0 Å². The summed E-state index contributed by atoms with van der Waals surface area (Å²) in [5.41, 5.74) is 3.84. The SMILES string of the molecule is O=C(O)c1ccc(N2CC3C(C=Cc4c(-c5c(Cl)cccc5Cl)noc4C4CC4)C3C2)cc1. The molecule has 1 N–H and O–H groups in total. The number of allylic oxidation sites excluding steroid dienone is 1. The molecule has 7 heteroatoms. The highest BCUT2D eigenvalue weighted by Gasteiger charge is 2.54. The molecule has 0 radical (unpaired) electrons. The van der Waals surface area contributed by atoms with Crippen LogP contribution in [0.3, 0.4) is 0 Å². The van der Waals surface area contributed by atoms with Crippen LogP contribution in [-0.2, 0) is 0 Å². The lowest BCUT2D eigenvalue weighted by Gasteiger charge is -2.21. The number of hydrogen-bond donors (Lipinski definition) is 1. The fourth-order valence-electron chi connectivity index (χ4n) is 5.11. The third-order valence-corrected chi connectivity index (χ3v) is 7.76. The monoisotopic (exact) mass is 480 g/mol. The van der Waals surface area contributed by atoms with E-state index in [0.717, 1.165) is 54.2 Å². The van der Waals surface area contributed by atoms with E-state index in [-0.39, 0.29) is 0 Å². The number of aromatic nitrogens is 1. The van der Waals surface area contributed by atoms with Crippen molar-refractivity contribution in [3.8, 4) is 11.3 Å². The van der Waals surface area contributed by atoms with Crippen molar-refractivity contribution < 1.29 is 14.4 Å². The van der Waals surface area contributed by atoms with Crippen LogP contribution in [0.15, 0.2) is 53.1 Å². The number of carboxylic acids is 1. The van der Waals surface area contributed by atoms with Gasteiger partial charge in [0.1, 0.15) is 11.5 Å². The molecule has 2 saturated carbocycles. The van der Waals surface area contributed by atoms with Crippen molar-refractivity contribution in [3.63, 3.8) is 0 Å². The van der Waals surface area contributed by atoms with Crippen LogP contribution in [-0.4, -0.2) is 29.3 Å². The number of benzene rings is 2. The average molecular weight is 481 g/mol. The fourth-order valence-corrected chi connectivity index (χ4v) is 5.68. The summed E-state index contributed by atoms with van der Waals surface area (Å²) >= 11 is 12.9. The Bertz CT molecular complexity index is 1230. The third kappa shape index (κ3) is 3.73. The smallest absolute Gasteiger partial charge is 0.335 e. The van der Waals surface area contributed by atoms with E-state index in [2.05, 4.69) is 22.2 Å². The van der Waals surface area contributed by atoms with E-state index in [0.29, 0.717) is 39.3 Å². The molecule has 2 aliphatic carbocycles. The van der Waals surface area contributed by atoms with Gasteiger partial charge in [-0.2, -0.15) is 0 Å². The Morgan fingerprint density at radius 3 is 2.33 bits per heavy atom. The second kappa shape index (κ2) is 7.93. The van der Waals surface area contributed by atoms with Gasteiger partial charge in [0.15, 0.2) is 0 Å². The number of hydrogen-bond acceptors (Lipinski definition) is 4. The highest BCUT2D eigenvalue weighted by atomic mass is 35.5. The van der Waals surface area contributed by atoms with Crippen LogP contribution >= 0.6 is 23.2 Å². The van der Waals surface area contributed by atoms with Gasteiger partial charge in [-0.15, -0.1) is 0 Å². The number of aromatic carboxylic acids is 1. The van der Waals surface area contributed by atoms with Crippen molar-refractivity contribution in [2.45, 2.75) is 18.8 Å². The van der Waals surface area contributed by atoms with Crippen LogP contribution in [0, 0.1) is 17.8 Å². The number of halogens is 2. The first-order valence-corrected chi connectivity index (χ1v) is 12.0. The zero-order valence-electron chi connectivity index (χ0n) is 17.7. The first-order valence-electron chi connectivity index (χ1n) is 11.2. The zero-order valence-corrected chi connectivity index (χ0v) is 19.3. The van der Waals surface area contributed by atoms with Crippen LogP contribution in [0.4, 0.5) is 5.69 Å². The lowest BCUT2D eigenvalue weighted by Crippen LogP contribution is -2.23. The Morgan fingerprint density at radius 2 is 1.73 bits per heavy atom. The van der Waals surface area contributed by atoms with E-state index in [1.54, 1.807) is 12.1 Å². The Balaban J connectivity index is 1.20. The maximum absolute atomic E-state index is 11.1. The van der Waals surface area contributed by atoms with Crippen molar-refractivity contribution in [2.75, 3.05) is 18.0 Å². The molecule has 0 amide bonds. The van der Waals surface area contributed by atoms with Crippen LogP contribution in [0.1, 0.15) is 40.4 Å². The second-order valence-electron chi connectivity index (χ2n) is 9.20. The molecule has 5 nitrogen and oxygen atoms in total. The molecule has 2 unspecified atom stereocenters. The van der Waals surface area contributed by atoms with E-state index < -0.39 is 5.97 Å². The number of nitrogens with zero attached hydrogens (tertiary/aromatic N) is 2. The minimum absolute atomic E-state index is 0.318. The second-order valence-corrected chi connectivity index (χ2v) is 10.0. The highest BCUT2D eigenvalue weighted by molar-refractivity contribution is 6.39. The van der Waals surface area contributed by atoms with Crippen LogP contribution < -0.4 is 4.90 Å². The summed E-state index contributed by atoms with van der Waals surface area (Å²) < 4.78 is 5.76. The number of carbonyl (C=O) groups is 1. The van der Waals surface area contributed by atoms with E-state index in [9.17, 15) is 4.79 Å². The predicted molar refractivity (Wildman–Crippen MR) is 129 cm³/mol. The molecule has 33 heavy (non-hydrogen) atoms. The van der Waals surface area contributed by atoms with E-state index in [1.807, 2.05) is 30.3 Å². The van der Waals surface area contributed by atoms with Gasteiger partial charge in [0.05, 0.1) is 15.6 Å². The average Bonchev–Trinajstić information content (AvgIpc) is 3.67. The third-order valence-electron chi connectivity index (χ3n) is 7.13. The zero-order chi connectivity index (χ0) is 22.7. The molecule has 0 bridgehead atoms. The van der Waals surface area contributed by atoms with Gasteiger partial charge < -0.3 is 14.5 Å². The van der Waals surface area contributed by atoms with E-state index >= 15 is 0 Å². The standard InChI is InChI=1S/C26H22Cl2N2O3/c27-21-2-1-3-22(28)23(21)24-18(25(33-29-24)14-4-5-14)11-10-17-19-12-30(13-20(17)19)16-8-6-15(7-9-16)26(31)32/h1-3,6-11,14,17,19-20H,4-5,12-13H2,(H,31,32). The molecule has 1 aromatic heterocycles. The van der Waals surface area contributed by atoms with Crippen molar-refractivity contribution in [2.24, 2.45) is 17.8 Å². The predicted octanol–water partition coefficient (Wildman–Crippen LogP) is 6.62. The van der Waals surface area contributed by atoms with Gasteiger partial charge in [0.2, 0.25) is 0 Å². The molecule has 6 rings (SSSR count). The minimum atomic E-state index is -0.896. The molecule has 1 aliphatic heterocycles. The Labute approximate surface area is 201 Å². The number of fused-ring (bicyclic) bond motifs is 1.